The van der Waals surface area contributed by atoms with Gasteiger partial charge < -0.3 is 14.4 Å². The fourth-order valence-corrected chi connectivity index (χ4v) is 5.18. The average molecular weight is 410 g/mol. The Morgan fingerprint density at radius 1 is 1.44 bits per heavy atom. The van der Waals surface area contributed by atoms with E-state index >= 15 is 0 Å². The summed E-state index contributed by atoms with van der Waals surface area (Å²) in [7, 11) is 1.88. The first kappa shape index (κ1) is 20.2. The van der Waals surface area contributed by atoms with E-state index in [9.17, 15) is 4.79 Å². The normalized spacial score (nSPS) is 17.0. The van der Waals surface area contributed by atoms with E-state index in [4.69, 9.17) is 9.84 Å². The molecule has 2 heterocycles. The predicted molar refractivity (Wildman–Crippen MR) is 108 cm³/mol. The molecule has 0 saturated heterocycles. The van der Waals surface area contributed by atoms with E-state index in [-0.39, 0.29) is 6.42 Å². The van der Waals surface area contributed by atoms with Crippen molar-refractivity contribution in [1.29, 1.82) is 0 Å². The summed E-state index contributed by atoms with van der Waals surface area (Å²) in [6.07, 6.45) is 3.63. The maximum Gasteiger partial charge on any atom is 0.304 e. The third-order valence-corrected chi connectivity index (χ3v) is 7.27. The molecule has 8 heteroatoms. The van der Waals surface area contributed by atoms with Crippen LogP contribution in [0, 0.1) is 11.3 Å². The van der Waals surface area contributed by atoms with E-state index in [0.29, 0.717) is 22.9 Å². The standard InChI is InChI=1S/C19H27N3O3S2/c1-19(2,3)13-5-6-14-12(9-13)10-17(27-14)25-11-15-20-21-18(22(15)4)26-8-7-16(23)24/h10,13H,5-9,11H2,1-4H3,(H,23,24). The first-order chi connectivity index (χ1) is 12.7. The molecule has 0 aromatic carbocycles. The lowest BCUT2D eigenvalue weighted by Gasteiger charge is -2.33. The summed E-state index contributed by atoms with van der Waals surface area (Å²) < 4.78 is 7.87. The number of hydrogen-bond donors (Lipinski definition) is 1. The molecule has 1 atom stereocenters. The van der Waals surface area contributed by atoms with E-state index < -0.39 is 5.97 Å². The average Bonchev–Trinajstić information content (AvgIpc) is 3.15. The summed E-state index contributed by atoms with van der Waals surface area (Å²) in [4.78, 5) is 12.1. The molecule has 1 unspecified atom stereocenters. The van der Waals surface area contributed by atoms with Gasteiger partial charge in [-0.15, -0.1) is 21.5 Å². The van der Waals surface area contributed by atoms with Crippen LogP contribution < -0.4 is 4.74 Å². The quantitative estimate of drug-likeness (QED) is 0.692. The van der Waals surface area contributed by atoms with E-state index in [0.717, 1.165) is 29.6 Å². The van der Waals surface area contributed by atoms with Crippen molar-refractivity contribution in [2.75, 3.05) is 5.75 Å². The Balaban J connectivity index is 1.58. The van der Waals surface area contributed by atoms with E-state index in [2.05, 4.69) is 37.0 Å². The van der Waals surface area contributed by atoms with Gasteiger partial charge >= 0.3 is 5.97 Å². The Labute approximate surface area is 168 Å². The molecular formula is C19H27N3O3S2. The number of thioether (sulfide) groups is 1. The number of carboxylic acids is 1. The molecule has 6 nitrogen and oxygen atoms in total. The summed E-state index contributed by atoms with van der Waals surface area (Å²) in [5.41, 5.74) is 1.78. The van der Waals surface area contributed by atoms with Crippen LogP contribution in [0.1, 0.15) is 49.9 Å². The summed E-state index contributed by atoms with van der Waals surface area (Å²) in [6.45, 7) is 7.34. The van der Waals surface area contributed by atoms with E-state index in [1.54, 1.807) is 11.3 Å². The highest BCUT2D eigenvalue weighted by atomic mass is 32.2. The summed E-state index contributed by atoms with van der Waals surface area (Å²) in [5, 5.41) is 18.7. The molecule has 2 aromatic rings. The van der Waals surface area contributed by atoms with Gasteiger partial charge in [0, 0.05) is 17.7 Å². The Morgan fingerprint density at radius 3 is 2.93 bits per heavy atom. The van der Waals surface area contributed by atoms with Gasteiger partial charge in [-0.1, -0.05) is 32.5 Å². The van der Waals surface area contributed by atoms with Crippen molar-refractivity contribution in [1.82, 2.24) is 14.8 Å². The van der Waals surface area contributed by atoms with Gasteiger partial charge in [0.25, 0.3) is 0 Å². The number of nitrogens with zero attached hydrogens (tertiary/aromatic N) is 3. The maximum absolute atomic E-state index is 10.6. The first-order valence-corrected chi connectivity index (χ1v) is 11.0. The van der Waals surface area contributed by atoms with Crippen LogP contribution in [0.15, 0.2) is 11.2 Å². The van der Waals surface area contributed by atoms with Gasteiger partial charge in [-0.3, -0.25) is 4.79 Å². The number of aryl methyl sites for hydroxylation is 1. The van der Waals surface area contributed by atoms with Crippen LogP contribution in [0.5, 0.6) is 5.06 Å². The Morgan fingerprint density at radius 2 is 2.22 bits per heavy atom. The number of aliphatic carboxylic acids is 1. The van der Waals surface area contributed by atoms with Gasteiger partial charge in [0.2, 0.25) is 0 Å². The fourth-order valence-electron chi connectivity index (χ4n) is 3.27. The molecule has 1 aliphatic carbocycles. The highest BCUT2D eigenvalue weighted by molar-refractivity contribution is 7.99. The molecule has 0 amide bonds. The molecule has 148 valence electrons. The third kappa shape index (κ3) is 5.04. The van der Waals surface area contributed by atoms with Crippen LogP contribution in [-0.4, -0.2) is 31.6 Å². The van der Waals surface area contributed by atoms with Crippen molar-refractivity contribution in [2.24, 2.45) is 18.4 Å². The minimum absolute atomic E-state index is 0.111. The number of hydrogen-bond acceptors (Lipinski definition) is 6. The lowest BCUT2D eigenvalue weighted by atomic mass is 9.72. The predicted octanol–water partition coefficient (Wildman–Crippen LogP) is 4.17. The number of carboxylic acid groups (broad SMARTS) is 1. The zero-order chi connectivity index (χ0) is 19.6. The molecule has 1 aliphatic rings. The lowest BCUT2D eigenvalue weighted by Crippen LogP contribution is -2.26. The molecule has 2 aromatic heterocycles. The Kier molecular flexibility index (Phi) is 6.15. The smallest absolute Gasteiger partial charge is 0.304 e. The van der Waals surface area contributed by atoms with E-state index in [1.807, 2.05) is 11.6 Å². The van der Waals surface area contributed by atoms with Crippen LogP contribution in [-0.2, 0) is 31.3 Å². The molecule has 0 radical (unpaired) electrons. The fraction of sp³-hybridized carbons (Fsp3) is 0.632. The highest BCUT2D eigenvalue weighted by Gasteiger charge is 2.30. The Hall–Kier alpha value is -1.54. The monoisotopic (exact) mass is 409 g/mol. The van der Waals surface area contributed by atoms with E-state index in [1.165, 1.54) is 28.6 Å². The number of aromatic nitrogens is 3. The molecule has 0 aliphatic heterocycles. The number of fused-ring (bicyclic) bond motifs is 1. The lowest BCUT2D eigenvalue weighted by molar-refractivity contribution is -0.136. The molecule has 1 N–H and O–H groups in total. The highest BCUT2D eigenvalue weighted by Crippen LogP contribution is 2.42. The molecule has 0 fully saturated rings. The van der Waals surface area contributed by atoms with Crippen LogP contribution in [0.3, 0.4) is 0 Å². The topological polar surface area (TPSA) is 77.2 Å². The second kappa shape index (κ2) is 8.22. The Bertz CT molecular complexity index is 808. The first-order valence-electron chi connectivity index (χ1n) is 9.21. The molecule has 3 rings (SSSR count). The zero-order valence-electron chi connectivity index (χ0n) is 16.3. The van der Waals surface area contributed by atoms with Crippen LogP contribution in [0.25, 0.3) is 0 Å². The number of rotatable bonds is 7. The van der Waals surface area contributed by atoms with Crippen LogP contribution in [0.4, 0.5) is 0 Å². The van der Waals surface area contributed by atoms with Crippen molar-refractivity contribution in [2.45, 2.75) is 58.2 Å². The molecule has 0 bridgehead atoms. The van der Waals surface area contributed by atoms with Crippen molar-refractivity contribution in [3.05, 3.63) is 22.3 Å². The number of ether oxygens (including phenoxy) is 1. The molecule has 27 heavy (non-hydrogen) atoms. The van der Waals surface area contributed by atoms with Gasteiger partial charge in [-0.25, -0.2) is 0 Å². The summed E-state index contributed by atoms with van der Waals surface area (Å²) in [6, 6.07) is 2.19. The van der Waals surface area contributed by atoms with Gasteiger partial charge in [-0.05, 0) is 42.2 Å². The SMILES string of the molecule is Cn1c(COc2cc3c(s2)CCC(C(C)(C)C)C3)nnc1SCCC(=O)O. The molecule has 0 saturated carbocycles. The van der Waals surface area contributed by atoms with Gasteiger partial charge in [-0.2, -0.15) is 0 Å². The number of carbonyl (C=O) groups is 1. The zero-order valence-corrected chi connectivity index (χ0v) is 18.0. The van der Waals surface area contributed by atoms with Gasteiger partial charge in [0.05, 0.1) is 6.42 Å². The van der Waals surface area contributed by atoms with Crippen LogP contribution >= 0.6 is 23.1 Å². The van der Waals surface area contributed by atoms with Crippen molar-refractivity contribution < 1.29 is 14.6 Å². The molecular weight excluding hydrogens is 382 g/mol. The summed E-state index contributed by atoms with van der Waals surface area (Å²) >= 11 is 3.14. The number of thiophene rings is 1. The molecule has 0 spiro atoms. The van der Waals surface area contributed by atoms with Crippen LogP contribution in [0.2, 0.25) is 0 Å². The maximum atomic E-state index is 10.6. The second-order valence-electron chi connectivity index (χ2n) is 8.06. The largest absolute Gasteiger partial charge is 0.481 e. The summed E-state index contributed by atoms with van der Waals surface area (Å²) in [5.74, 6) is 1.14. The second-order valence-corrected chi connectivity index (χ2v) is 10.2. The van der Waals surface area contributed by atoms with Gasteiger partial charge in [0.1, 0.15) is 6.61 Å². The third-order valence-electron chi connectivity index (χ3n) is 5.10. The van der Waals surface area contributed by atoms with Crippen molar-refractivity contribution >= 4 is 29.1 Å². The van der Waals surface area contributed by atoms with Crippen molar-refractivity contribution in [3.8, 4) is 5.06 Å². The minimum atomic E-state index is -0.802. The minimum Gasteiger partial charge on any atom is -0.481 e. The van der Waals surface area contributed by atoms with Gasteiger partial charge in [0.15, 0.2) is 16.0 Å². The van der Waals surface area contributed by atoms with Crippen molar-refractivity contribution in [3.63, 3.8) is 0 Å².